The smallest absolute Gasteiger partial charge is 0.181 e. The van der Waals surface area contributed by atoms with Crippen LogP contribution in [0.1, 0.15) is 5.82 Å². The summed E-state index contributed by atoms with van der Waals surface area (Å²) in [4.78, 5) is 4.38. The molecule has 21 heavy (non-hydrogen) atoms. The van der Waals surface area contributed by atoms with Gasteiger partial charge < -0.3 is 10.5 Å². The quantitative estimate of drug-likeness (QED) is 0.725. The molecule has 0 amide bonds. The lowest BCUT2D eigenvalue weighted by atomic mass is 10.2. The summed E-state index contributed by atoms with van der Waals surface area (Å²) in [6.45, 7) is 0.296. The number of ether oxygens (including phenoxy) is 1. The summed E-state index contributed by atoms with van der Waals surface area (Å²) in [6.07, 6.45) is 0. The first-order valence-electron chi connectivity index (χ1n) is 6.36. The lowest BCUT2D eigenvalue weighted by Gasteiger charge is -2.03. The van der Waals surface area contributed by atoms with Gasteiger partial charge in [-0.2, -0.15) is 5.10 Å². The Morgan fingerprint density at radius 1 is 1.14 bits per heavy atom. The van der Waals surface area contributed by atoms with E-state index >= 15 is 0 Å². The molecule has 0 fully saturated rings. The zero-order valence-electron chi connectivity index (χ0n) is 11.1. The van der Waals surface area contributed by atoms with Crippen molar-refractivity contribution in [2.75, 3.05) is 5.73 Å². The van der Waals surface area contributed by atoms with E-state index in [-0.39, 0.29) is 0 Å². The summed E-state index contributed by atoms with van der Waals surface area (Å²) in [5, 5.41) is 7.70. The zero-order chi connectivity index (χ0) is 14.7. The molecule has 2 aromatic carbocycles. The molecule has 0 spiro atoms. The van der Waals surface area contributed by atoms with E-state index in [1.807, 2.05) is 24.3 Å². The fraction of sp³-hybridized carbons (Fsp3) is 0.0667. The van der Waals surface area contributed by atoms with E-state index in [1.54, 1.807) is 24.3 Å². The van der Waals surface area contributed by atoms with Crippen molar-refractivity contribution >= 4 is 17.3 Å². The van der Waals surface area contributed by atoms with E-state index in [2.05, 4.69) is 15.2 Å². The summed E-state index contributed by atoms with van der Waals surface area (Å²) in [7, 11) is 0. The molecule has 1 heterocycles. The fourth-order valence-corrected chi connectivity index (χ4v) is 1.97. The van der Waals surface area contributed by atoms with Gasteiger partial charge in [-0.1, -0.05) is 17.7 Å². The van der Waals surface area contributed by atoms with Crippen molar-refractivity contribution in [3.05, 3.63) is 59.4 Å². The van der Waals surface area contributed by atoms with Crippen molar-refractivity contribution < 1.29 is 4.74 Å². The molecule has 0 radical (unpaired) electrons. The Hall–Kier alpha value is -2.53. The number of nitrogens with one attached hydrogen (secondary N) is 1. The second-order valence-corrected chi connectivity index (χ2v) is 4.91. The number of nitrogens with zero attached hydrogens (tertiary/aromatic N) is 2. The molecule has 0 aliphatic rings. The van der Waals surface area contributed by atoms with Crippen LogP contribution in [-0.4, -0.2) is 15.2 Å². The number of rotatable bonds is 4. The molecular weight excluding hydrogens is 288 g/mol. The first kappa shape index (κ1) is 13.5. The summed E-state index contributed by atoms with van der Waals surface area (Å²) in [5.41, 5.74) is 7.25. The van der Waals surface area contributed by atoms with Crippen LogP contribution in [0.15, 0.2) is 48.5 Å². The molecule has 0 atom stereocenters. The highest BCUT2D eigenvalue weighted by atomic mass is 35.5. The van der Waals surface area contributed by atoms with Crippen LogP contribution in [0.3, 0.4) is 0 Å². The van der Waals surface area contributed by atoms with Gasteiger partial charge >= 0.3 is 0 Å². The maximum absolute atomic E-state index is 5.86. The van der Waals surface area contributed by atoms with Crippen LogP contribution in [0, 0.1) is 0 Å². The van der Waals surface area contributed by atoms with E-state index < -0.39 is 0 Å². The second-order valence-electron chi connectivity index (χ2n) is 4.47. The van der Waals surface area contributed by atoms with Crippen LogP contribution < -0.4 is 10.5 Å². The van der Waals surface area contributed by atoms with Gasteiger partial charge in [-0.3, -0.25) is 5.10 Å². The van der Waals surface area contributed by atoms with Gasteiger partial charge in [0.05, 0.1) is 0 Å². The van der Waals surface area contributed by atoms with Crippen molar-refractivity contribution in [3.63, 3.8) is 0 Å². The normalized spacial score (nSPS) is 10.5. The SMILES string of the molecule is Nc1cccc(OCc2nc(-c3ccc(Cl)cc3)n[nH]2)c1. The molecule has 3 N–H and O–H groups in total. The fourth-order valence-electron chi connectivity index (χ4n) is 1.84. The Morgan fingerprint density at radius 3 is 2.71 bits per heavy atom. The van der Waals surface area contributed by atoms with Crippen molar-refractivity contribution in [2.24, 2.45) is 0 Å². The van der Waals surface area contributed by atoms with E-state index in [9.17, 15) is 0 Å². The van der Waals surface area contributed by atoms with Gasteiger partial charge in [0.25, 0.3) is 0 Å². The Morgan fingerprint density at radius 2 is 1.95 bits per heavy atom. The molecule has 1 aromatic heterocycles. The van der Waals surface area contributed by atoms with Gasteiger partial charge in [0.2, 0.25) is 0 Å². The monoisotopic (exact) mass is 300 g/mol. The molecule has 0 aliphatic carbocycles. The first-order valence-corrected chi connectivity index (χ1v) is 6.74. The van der Waals surface area contributed by atoms with Crippen LogP contribution in [0.5, 0.6) is 5.75 Å². The second kappa shape index (κ2) is 5.85. The molecule has 0 saturated heterocycles. The van der Waals surface area contributed by atoms with Crippen molar-refractivity contribution in [1.29, 1.82) is 0 Å². The van der Waals surface area contributed by atoms with Gasteiger partial charge in [-0.05, 0) is 36.4 Å². The Balaban J connectivity index is 1.69. The molecule has 6 heteroatoms. The number of hydrogen-bond acceptors (Lipinski definition) is 4. The standard InChI is InChI=1S/C15H13ClN4O/c16-11-6-4-10(5-7-11)15-18-14(19-20-15)9-21-13-3-1-2-12(17)8-13/h1-8H,9,17H2,(H,18,19,20). The Bertz CT molecular complexity index is 739. The zero-order valence-corrected chi connectivity index (χ0v) is 11.8. The van der Waals surface area contributed by atoms with Gasteiger partial charge in [-0.25, -0.2) is 4.98 Å². The highest BCUT2D eigenvalue weighted by molar-refractivity contribution is 6.30. The molecular formula is C15H13ClN4O. The average Bonchev–Trinajstić information content (AvgIpc) is 2.95. The van der Waals surface area contributed by atoms with Crippen LogP contribution in [0.2, 0.25) is 5.02 Å². The number of nitrogens with two attached hydrogens (primary N) is 1. The molecule has 3 aromatic rings. The summed E-state index contributed by atoms with van der Waals surface area (Å²) < 4.78 is 5.61. The molecule has 0 aliphatic heterocycles. The maximum atomic E-state index is 5.86. The molecule has 0 unspecified atom stereocenters. The Kier molecular flexibility index (Phi) is 3.75. The van der Waals surface area contributed by atoms with Crippen LogP contribution >= 0.6 is 11.6 Å². The molecule has 3 rings (SSSR count). The first-order chi connectivity index (χ1) is 10.2. The lowest BCUT2D eigenvalue weighted by molar-refractivity contribution is 0.296. The third-order valence-corrected chi connectivity index (χ3v) is 3.12. The molecule has 0 saturated carbocycles. The van der Waals surface area contributed by atoms with E-state index in [0.717, 1.165) is 5.56 Å². The largest absolute Gasteiger partial charge is 0.486 e. The van der Waals surface area contributed by atoms with Crippen LogP contribution in [0.25, 0.3) is 11.4 Å². The van der Waals surface area contributed by atoms with Crippen LogP contribution in [0.4, 0.5) is 5.69 Å². The predicted octanol–water partition coefficient (Wildman–Crippen LogP) is 3.29. The maximum Gasteiger partial charge on any atom is 0.181 e. The number of anilines is 1. The van der Waals surface area contributed by atoms with Gasteiger partial charge in [0.1, 0.15) is 12.4 Å². The van der Waals surface area contributed by atoms with Crippen molar-refractivity contribution in [1.82, 2.24) is 15.2 Å². The summed E-state index contributed by atoms with van der Waals surface area (Å²) in [5.74, 6) is 1.94. The average molecular weight is 301 g/mol. The summed E-state index contributed by atoms with van der Waals surface area (Å²) >= 11 is 5.86. The van der Waals surface area contributed by atoms with Gasteiger partial charge in [-0.15, -0.1) is 0 Å². The number of halogens is 1. The number of benzene rings is 2. The number of aromatic amines is 1. The minimum atomic E-state index is 0.296. The topological polar surface area (TPSA) is 76.8 Å². The predicted molar refractivity (Wildman–Crippen MR) is 82.0 cm³/mol. The van der Waals surface area contributed by atoms with Crippen LogP contribution in [-0.2, 0) is 6.61 Å². The Labute approximate surface area is 126 Å². The van der Waals surface area contributed by atoms with Gasteiger partial charge in [0.15, 0.2) is 11.6 Å². The van der Waals surface area contributed by atoms with Gasteiger partial charge in [0, 0.05) is 22.3 Å². The van der Waals surface area contributed by atoms with Crippen molar-refractivity contribution in [3.8, 4) is 17.1 Å². The number of aromatic nitrogens is 3. The lowest BCUT2D eigenvalue weighted by Crippen LogP contribution is -1.98. The number of hydrogen-bond donors (Lipinski definition) is 2. The number of H-pyrrole nitrogens is 1. The molecule has 5 nitrogen and oxygen atoms in total. The highest BCUT2D eigenvalue weighted by Gasteiger charge is 2.06. The van der Waals surface area contributed by atoms with E-state index in [0.29, 0.717) is 34.7 Å². The molecule has 0 bridgehead atoms. The third kappa shape index (κ3) is 3.32. The van der Waals surface area contributed by atoms with Crippen molar-refractivity contribution in [2.45, 2.75) is 6.61 Å². The minimum absolute atomic E-state index is 0.296. The summed E-state index contributed by atoms with van der Waals surface area (Å²) in [6, 6.07) is 14.6. The third-order valence-electron chi connectivity index (χ3n) is 2.87. The molecule has 106 valence electrons. The highest BCUT2D eigenvalue weighted by Crippen LogP contribution is 2.19. The number of nitrogen functional groups attached to an aromatic ring is 1. The van der Waals surface area contributed by atoms with E-state index in [4.69, 9.17) is 22.1 Å². The van der Waals surface area contributed by atoms with E-state index in [1.165, 1.54) is 0 Å². The minimum Gasteiger partial charge on any atom is -0.486 e.